The lowest BCUT2D eigenvalue weighted by Gasteiger charge is -2.07. The number of aryl methyl sites for hydroxylation is 1. The lowest BCUT2D eigenvalue weighted by atomic mass is 10.2. The largest absolute Gasteiger partial charge is 0.381 e. The lowest BCUT2D eigenvalue weighted by molar-refractivity contribution is 1.05. The maximum atomic E-state index is 3.98. The van der Waals surface area contributed by atoms with Crippen molar-refractivity contribution in [3.63, 3.8) is 0 Å². The van der Waals surface area contributed by atoms with Crippen molar-refractivity contribution in [2.45, 2.75) is 13.5 Å². The minimum atomic E-state index is 0.750. The van der Waals surface area contributed by atoms with E-state index in [1.54, 1.807) is 0 Å². The number of halogens is 1. The molecule has 0 aliphatic rings. The van der Waals surface area contributed by atoms with Gasteiger partial charge in [0, 0.05) is 33.8 Å². The van der Waals surface area contributed by atoms with Gasteiger partial charge in [-0.1, -0.05) is 6.07 Å². The minimum Gasteiger partial charge on any atom is -0.381 e. The van der Waals surface area contributed by atoms with Crippen LogP contribution in [0.5, 0.6) is 0 Å². The first kappa shape index (κ1) is 11.3. The number of anilines is 1. The first-order valence-electron chi connectivity index (χ1n) is 4.99. The molecular weight excluding hydrogens is 313 g/mol. The second-order valence-corrected chi connectivity index (χ2v) is 4.73. The predicted octanol–water partition coefficient (Wildman–Crippen LogP) is 3.00. The summed E-state index contributed by atoms with van der Waals surface area (Å²) in [5.74, 6) is 0. The van der Waals surface area contributed by atoms with Crippen LogP contribution >= 0.6 is 22.6 Å². The smallest absolute Gasteiger partial charge is 0.115 e. The minimum absolute atomic E-state index is 0.750. The molecule has 0 unspecified atom stereocenters. The number of hydrogen-bond donors (Lipinski definition) is 1. The molecule has 4 heteroatoms. The van der Waals surface area contributed by atoms with Crippen LogP contribution in [0.3, 0.4) is 0 Å². The number of rotatable bonds is 3. The van der Waals surface area contributed by atoms with E-state index in [1.807, 2.05) is 12.4 Å². The van der Waals surface area contributed by atoms with Gasteiger partial charge < -0.3 is 5.32 Å². The molecule has 1 aromatic carbocycles. The Balaban J connectivity index is 2.03. The van der Waals surface area contributed by atoms with Crippen LogP contribution in [0.15, 0.2) is 36.9 Å². The van der Waals surface area contributed by atoms with Gasteiger partial charge in [0.1, 0.15) is 6.33 Å². The van der Waals surface area contributed by atoms with Gasteiger partial charge in [-0.25, -0.2) is 9.97 Å². The second kappa shape index (κ2) is 5.25. The van der Waals surface area contributed by atoms with Crippen LogP contribution in [0.25, 0.3) is 0 Å². The summed E-state index contributed by atoms with van der Waals surface area (Å²) in [6.07, 6.45) is 5.18. The van der Waals surface area contributed by atoms with Gasteiger partial charge in [0.25, 0.3) is 0 Å². The van der Waals surface area contributed by atoms with Crippen LogP contribution in [-0.4, -0.2) is 9.97 Å². The third-order valence-corrected chi connectivity index (χ3v) is 3.44. The molecule has 0 spiro atoms. The van der Waals surface area contributed by atoms with Gasteiger partial charge in [0.2, 0.25) is 0 Å². The highest BCUT2D eigenvalue weighted by Crippen LogP contribution is 2.17. The zero-order chi connectivity index (χ0) is 11.4. The number of hydrogen-bond acceptors (Lipinski definition) is 3. The molecule has 82 valence electrons. The molecule has 3 nitrogen and oxygen atoms in total. The summed E-state index contributed by atoms with van der Waals surface area (Å²) in [7, 11) is 0. The molecule has 0 fully saturated rings. The van der Waals surface area contributed by atoms with Gasteiger partial charge in [0.15, 0.2) is 0 Å². The van der Waals surface area contributed by atoms with Crippen molar-refractivity contribution in [2.75, 3.05) is 5.32 Å². The fourth-order valence-corrected chi connectivity index (χ4v) is 1.84. The van der Waals surface area contributed by atoms with Crippen molar-refractivity contribution >= 4 is 28.3 Å². The Labute approximate surface area is 108 Å². The van der Waals surface area contributed by atoms with Crippen LogP contribution in [0.4, 0.5) is 5.69 Å². The molecule has 0 atom stereocenters. The molecular formula is C12H12IN3. The second-order valence-electron chi connectivity index (χ2n) is 3.56. The molecule has 0 saturated heterocycles. The summed E-state index contributed by atoms with van der Waals surface area (Å²) in [6, 6.07) is 6.34. The van der Waals surface area contributed by atoms with Gasteiger partial charge in [-0.05, 0) is 47.2 Å². The maximum Gasteiger partial charge on any atom is 0.115 e. The molecule has 0 amide bonds. The average molecular weight is 325 g/mol. The van der Waals surface area contributed by atoms with E-state index in [1.165, 1.54) is 15.5 Å². The van der Waals surface area contributed by atoms with E-state index >= 15 is 0 Å². The van der Waals surface area contributed by atoms with E-state index in [-0.39, 0.29) is 0 Å². The van der Waals surface area contributed by atoms with E-state index < -0.39 is 0 Å². The van der Waals surface area contributed by atoms with Crippen molar-refractivity contribution in [3.05, 3.63) is 51.6 Å². The first-order chi connectivity index (χ1) is 7.75. The van der Waals surface area contributed by atoms with Crippen molar-refractivity contribution in [2.24, 2.45) is 0 Å². The molecule has 1 N–H and O–H groups in total. The fourth-order valence-electron chi connectivity index (χ4n) is 1.33. The Hall–Kier alpha value is -1.17. The summed E-state index contributed by atoms with van der Waals surface area (Å²) in [5.41, 5.74) is 3.51. The van der Waals surface area contributed by atoms with Crippen molar-refractivity contribution in [3.8, 4) is 0 Å². The van der Waals surface area contributed by atoms with Crippen molar-refractivity contribution in [1.82, 2.24) is 9.97 Å². The highest BCUT2D eigenvalue weighted by Gasteiger charge is 1.97. The van der Waals surface area contributed by atoms with E-state index in [4.69, 9.17) is 0 Å². The van der Waals surface area contributed by atoms with Gasteiger partial charge in [0.05, 0.1) is 0 Å². The van der Waals surface area contributed by atoms with Gasteiger partial charge >= 0.3 is 0 Å². The lowest BCUT2D eigenvalue weighted by Crippen LogP contribution is -2.00. The Morgan fingerprint density at radius 1 is 1.25 bits per heavy atom. The molecule has 16 heavy (non-hydrogen) atoms. The standard InChI is InChI=1S/C12H12IN3/c1-9-2-3-11(4-12(9)13)16-7-10-5-14-8-15-6-10/h2-6,8,16H,7H2,1H3. The van der Waals surface area contributed by atoms with E-state index in [0.29, 0.717) is 0 Å². The molecule has 0 bridgehead atoms. The molecule has 0 aliphatic carbocycles. The van der Waals surface area contributed by atoms with Crippen LogP contribution in [-0.2, 0) is 6.54 Å². The zero-order valence-electron chi connectivity index (χ0n) is 8.94. The summed E-state index contributed by atoms with van der Waals surface area (Å²) in [5, 5.41) is 3.34. The molecule has 1 heterocycles. The zero-order valence-corrected chi connectivity index (χ0v) is 11.1. The van der Waals surface area contributed by atoms with E-state index in [9.17, 15) is 0 Å². The third-order valence-electron chi connectivity index (χ3n) is 2.28. The molecule has 0 radical (unpaired) electrons. The molecule has 1 aromatic heterocycles. The van der Waals surface area contributed by atoms with Crippen molar-refractivity contribution in [1.29, 1.82) is 0 Å². The fraction of sp³-hybridized carbons (Fsp3) is 0.167. The van der Waals surface area contributed by atoms with Crippen LogP contribution < -0.4 is 5.32 Å². The predicted molar refractivity (Wildman–Crippen MR) is 73.3 cm³/mol. The number of benzene rings is 1. The Morgan fingerprint density at radius 2 is 2.00 bits per heavy atom. The number of aromatic nitrogens is 2. The quantitative estimate of drug-likeness (QED) is 0.882. The third kappa shape index (κ3) is 2.91. The van der Waals surface area contributed by atoms with E-state index in [2.05, 4.69) is 63.0 Å². The highest BCUT2D eigenvalue weighted by atomic mass is 127. The highest BCUT2D eigenvalue weighted by molar-refractivity contribution is 14.1. The first-order valence-corrected chi connectivity index (χ1v) is 6.07. The van der Waals surface area contributed by atoms with Crippen LogP contribution in [0.2, 0.25) is 0 Å². The Morgan fingerprint density at radius 3 is 2.69 bits per heavy atom. The average Bonchev–Trinajstić information content (AvgIpc) is 2.32. The molecule has 2 aromatic rings. The Bertz CT molecular complexity index is 471. The monoisotopic (exact) mass is 325 g/mol. The topological polar surface area (TPSA) is 37.8 Å². The number of nitrogens with zero attached hydrogens (tertiary/aromatic N) is 2. The molecule has 0 aliphatic heterocycles. The Kier molecular flexibility index (Phi) is 3.71. The normalized spacial score (nSPS) is 10.1. The van der Waals surface area contributed by atoms with Crippen LogP contribution in [0, 0.1) is 10.5 Å². The maximum absolute atomic E-state index is 3.98. The number of nitrogens with one attached hydrogen (secondary N) is 1. The van der Waals surface area contributed by atoms with Gasteiger partial charge in [-0.3, -0.25) is 0 Å². The molecule has 2 rings (SSSR count). The van der Waals surface area contributed by atoms with Gasteiger partial charge in [-0.2, -0.15) is 0 Å². The summed E-state index contributed by atoms with van der Waals surface area (Å²) >= 11 is 2.34. The summed E-state index contributed by atoms with van der Waals surface area (Å²) in [6.45, 7) is 2.86. The molecule has 0 saturated carbocycles. The van der Waals surface area contributed by atoms with Gasteiger partial charge in [-0.15, -0.1) is 0 Å². The van der Waals surface area contributed by atoms with E-state index in [0.717, 1.165) is 17.8 Å². The van der Waals surface area contributed by atoms with Crippen LogP contribution in [0.1, 0.15) is 11.1 Å². The summed E-state index contributed by atoms with van der Waals surface area (Å²) in [4.78, 5) is 7.95. The SMILES string of the molecule is Cc1ccc(NCc2cncnc2)cc1I. The van der Waals surface area contributed by atoms with Crippen molar-refractivity contribution < 1.29 is 0 Å². The summed E-state index contributed by atoms with van der Waals surface area (Å²) < 4.78 is 1.27.